The number of nitrogens with zero attached hydrogens (tertiary/aromatic N) is 1. The first-order chi connectivity index (χ1) is 7.11. The summed E-state index contributed by atoms with van der Waals surface area (Å²) in [6.07, 6.45) is 3.97. The third-order valence-electron chi connectivity index (χ3n) is 2.72. The van der Waals surface area contributed by atoms with E-state index in [0.717, 1.165) is 32.4 Å². The van der Waals surface area contributed by atoms with Crippen molar-refractivity contribution in [2.24, 2.45) is 0 Å². The molecule has 3 heteroatoms. The fourth-order valence-electron chi connectivity index (χ4n) is 1.28. The molecule has 0 saturated heterocycles. The predicted octanol–water partition coefficient (Wildman–Crippen LogP) is 2.02. The van der Waals surface area contributed by atoms with Crippen LogP contribution in [0.15, 0.2) is 0 Å². The van der Waals surface area contributed by atoms with E-state index < -0.39 is 0 Å². The van der Waals surface area contributed by atoms with Gasteiger partial charge in [-0.2, -0.15) is 0 Å². The van der Waals surface area contributed by atoms with Crippen LogP contribution in [0.25, 0.3) is 0 Å². The van der Waals surface area contributed by atoms with Crippen molar-refractivity contribution in [2.45, 2.75) is 52.5 Å². The van der Waals surface area contributed by atoms with Crippen molar-refractivity contribution in [3.05, 3.63) is 0 Å². The summed E-state index contributed by atoms with van der Waals surface area (Å²) in [6.45, 7) is 8.11. The van der Waals surface area contributed by atoms with E-state index in [9.17, 15) is 4.79 Å². The van der Waals surface area contributed by atoms with Crippen LogP contribution in [0.3, 0.4) is 0 Å². The summed E-state index contributed by atoms with van der Waals surface area (Å²) in [7, 11) is 1.89. The maximum Gasteiger partial charge on any atom is 0.223 e. The van der Waals surface area contributed by atoms with Gasteiger partial charge in [0.25, 0.3) is 0 Å². The molecule has 1 atom stereocenters. The smallest absolute Gasteiger partial charge is 0.223 e. The summed E-state index contributed by atoms with van der Waals surface area (Å²) in [5.74, 6) is 0.249. The van der Waals surface area contributed by atoms with Crippen molar-refractivity contribution >= 4 is 5.91 Å². The number of amides is 1. The molecular formula is C12H26N2O. The predicted molar refractivity (Wildman–Crippen MR) is 64.9 cm³/mol. The van der Waals surface area contributed by atoms with Gasteiger partial charge >= 0.3 is 0 Å². The van der Waals surface area contributed by atoms with Crippen LogP contribution in [-0.2, 0) is 4.79 Å². The monoisotopic (exact) mass is 214 g/mol. The number of rotatable bonds is 8. The molecule has 90 valence electrons. The van der Waals surface area contributed by atoms with Gasteiger partial charge in [-0.25, -0.2) is 0 Å². The van der Waals surface area contributed by atoms with E-state index in [-0.39, 0.29) is 5.91 Å². The van der Waals surface area contributed by atoms with Crippen LogP contribution < -0.4 is 5.32 Å². The van der Waals surface area contributed by atoms with Gasteiger partial charge in [-0.1, -0.05) is 20.3 Å². The second-order valence-corrected chi connectivity index (χ2v) is 4.18. The largest absolute Gasteiger partial charge is 0.346 e. The van der Waals surface area contributed by atoms with Crippen molar-refractivity contribution in [3.63, 3.8) is 0 Å². The maximum absolute atomic E-state index is 11.6. The Morgan fingerprint density at radius 2 is 2.07 bits per heavy atom. The van der Waals surface area contributed by atoms with Crippen LogP contribution >= 0.6 is 0 Å². The lowest BCUT2D eigenvalue weighted by atomic mass is 10.2. The fourth-order valence-corrected chi connectivity index (χ4v) is 1.28. The quantitative estimate of drug-likeness (QED) is 0.670. The van der Waals surface area contributed by atoms with Gasteiger partial charge in [-0.3, -0.25) is 4.79 Å². The Morgan fingerprint density at radius 1 is 1.40 bits per heavy atom. The molecule has 1 N–H and O–H groups in total. The molecule has 0 aromatic carbocycles. The van der Waals surface area contributed by atoms with E-state index in [1.807, 2.05) is 11.9 Å². The van der Waals surface area contributed by atoms with Gasteiger partial charge in [-0.15, -0.1) is 0 Å². The van der Waals surface area contributed by atoms with E-state index >= 15 is 0 Å². The third-order valence-corrected chi connectivity index (χ3v) is 2.72. The minimum Gasteiger partial charge on any atom is -0.346 e. The van der Waals surface area contributed by atoms with Crippen molar-refractivity contribution in [2.75, 3.05) is 20.1 Å². The second-order valence-electron chi connectivity index (χ2n) is 4.18. The normalized spacial score (nSPS) is 12.5. The molecule has 0 radical (unpaired) electrons. The van der Waals surface area contributed by atoms with Crippen LogP contribution in [0.5, 0.6) is 0 Å². The summed E-state index contributed by atoms with van der Waals surface area (Å²) in [6, 6.07) is 0.513. The molecule has 0 rings (SSSR count). The lowest BCUT2D eigenvalue weighted by Gasteiger charge is -2.17. The highest BCUT2D eigenvalue weighted by atomic mass is 16.2. The Bertz CT molecular complexity index is 171. The lowest BCUT2D eigenvalue weighted by molar-refractivity contribution is -0.129. The molecule has 15 heavy (non-hydrogen) atoms. The average molecular weight is 214 g/mol. The van der Waals surface area contributed by atoms with Crippen molar-refractivity contribution in [1.29, 1.82) is 0 Å². The topological polar surface area (TPSA) is 32.3 Å². The van der Waals surface area contributed by atoms with Crippen LogP contribution in [0.1, 0.15) is 46.5 Å². The lowest BCUT2D eigenvalue weighted by Crippen LogP contribution is -2.33. The highest BCUT2D eigenvalue weighted by Gasteiger charge is 2.07. The zero-order valence-electron chi connectivity index (χ0n) is 10.7. The second kappa shape index (κ2) is 8.72. The Balaban J connectivity index is 3.55. The Kier molecular flexibility index (Phi) is 8.38. The van der Waals surface area contributed by atoms with E-state index in [1.165, 1.54) is 0 Å². The first kappa shape index (κ1) is 14.4. The first-order valence-corrected chi connectivity index (χ1v) is 6.09. The van der Waals surface area contributed by atoms with Gasteiger partial charge < -0.3 is 10.2 Å². The summed E-state index contributed by atoms with van der Waals surface area (Å²) >= 11 is 0. The molecular weight excluding hydrogens is 188 g/mol. The van der Waals surface area contributed by atoms with Gasteiger partial charge in [0, 0.05) is 32.6 Å². The van der Waals surface area contributed by atoms with Gasteiger partial charge in [0.2, 0.25) is 5.91 Å². The van der Waals surface area contributed by atoms with Crippen LogP contribution in [0, 0.1) is 0 Å². The first-order valence-electron chi connectivity index (χ1n) is 6.09. The molecule has 0 heterocycles. The highest BCUT2D eigenvalue weighted by Crippen LogP contribution is 1.96. The zero-order chi connectivity index (χ0) is 11.7. The minimum absolute atomic E-state index is 0.249. The van der Waals surface area contributed by atoms with Crippen LogP contribution in [0.2, 0.25) is 0 Å². The Labute approximate surface area is 94.2 Å². The van der Waals surface area contributed by atoms with Gasteiger partial charge in [0.05, 0.1) is 0 Å². The fraction of sp³-hybridized carbons (Fsp3) is 0.917. The molecule has 1 amide bonds. The number of carbonyl (C=O) groups excluding carboxylic acids is 1. The summed E-state index contributed by atoms with van der Waals surface area (Å²) in [5.41, 5.74) is 0. The minimum atomic E-state index is 0.249. The van der Waals surface area contributed by atoms with E-state index in [4.69, 9.17) is 0 Å². The van der Waals surface area contributed by atoms with Gasteiger partial charge in [0.15, 0.2) is 0 Å². The molecule has 0 bridgehead atoms. The number of carbonyl (C=O) groups is 1. The standard InChI is InChI=1S/C12H26N2O/c1-5-7-10-14(4)12(15)8-9-13-11(3)6-2/h11,13H,5-10H2,1-4H3. The third kappa shape index (κ3) is 7.37. The van der Waals surface area contributed by atoms with E-state index in [0.29, 0.717) is 12.5 Å². The van der Waals surface area contributed by atoms with E-state index in [1.54, 1.807) is 0 Å². The van der Waals surface area contributed by atoms with E-state index in [2.05, 4.69) is 26.1 Å². The molecule has 0 spiro atoms. The number of unbranched alkanes of at least 4 members (excludes halogenated alkanes) is 1. The summed E-state index contributed by atoms with van der Waals surface area (Å²) < 4.78 is 0. The molecule has 0 saturated carbocycles. The van der Waals surface area contributed by atoms with Crippen LogP contribution in [-0.4, -0.2) is 37.0 Å². The number of hydrogen-bond acceptors (Lipinski definition) is 2. The van der Waals surface area contributed by atoms with Crippen LogP contribution in [0.4, 0.5) is 0 Å². The van der Waals surface area contributed by atoms with Crippen molar-refractivity contribution in [1.82, 2.24) is 10.2 Å². The van der Waals surface area contributed by atoms with Crippen molar-refractivity contribution < 1.29 is 4.79 Å². The molecule has 1 unspecified atom stereocenters. The molecule has 0 aliphatic rings. The molecule has 0 aliphatic heterocycles. The Morgan fingerprint density at radius 3 is 2.60 bits per heavy atom. The summed E-state index contributed by atoms with van der Waals surface area (Å²) in [5, 5.41) is 3.33. The molecule has 0 aromatic rings. The van der Waals surface area contributed by atoms with Crippen molar-refractivity contribution in [3.8, 4) is 0 Å². The maximum atomic E-state index is 11.6. The molecule has 0 aromatic heterocycles. The molecule has 0 aliphatic carbocycles. The average Bonchev–Trinajstić information content (AvgIpc) is 2.25. The molecule has 0 fully saturated rings. The number of hydrogen-bond donors (Lipinski definition) is 1. The zero-order valence-corrected chi connectivity index (χ0v) is 10.7. The Hall–Kier alpha value is -0.570. The highest BCUT2D eigenvalue weighted by molar-refractivity contribution is 5.76. The molecule has 3 nitrogen and oxygen atoms in total. The SMILES string of the molecule is CCCCN(C)C(=O)CCNC(C)CC. The van der Waals surface area contributed by atoms with Gasteiger partial charge in [0.1, 0.15) is 0 Å². The van der Waals surface area contributed by atoms with Gasteiger partial charge in [-0.05, 0) is 19.8 Å². The summed E-state index contributed by atoms with van der Waals surface area (Å²) in [4.78, 5) is 13.4. The number of nitrogens with one attached hydrogen (secondary N) is 1.